The summed E-state index contributed by atoms with van der Waals surface area (Å²) < 4.78 is 11.8. The molecular formula is C23H31ClN4O3. The molecule has 0 radical (unpaired) electrons. The molecule has 5 rings (SSSR count). The maximum Gasteiger partial charge on any atom is 0.163 e. The number of H-pyrrole nitrogens is 1. The highest BCUT2D eigenvalue weighted by atomic mass is 35.5. The summed E-state index contributed by atoms with van der Waals surface area (Å²) >= 11 is 0. The Morgan fingerprint density at radius 3 is 2.74 bits per heavy atom. The van der Waals surface area contributed by atoms with Gasteiger partial charge in [-0.3, -0.25) is 0 Å². The van der Waals surface area contributed by atoms with Crippen molar-refractivity contribution in [3.05, 3.63) is 24.4 Å². The Morgan fingerprint density at radius 2 is 2.00 bits per heavy atom. The first-order valence-electron chi connectivity index (χ1n) is 11.0. The minimum absolute atomic E-state index is 0. The molecule has 0 amide bonds. The Hall–Kier alpha value is -2.22. The van der Waals surface area contributed by atoms with E-state index in [1.165, 1.54) is 25.9 Å². The van der Waals surface area contributed by atoms with Gasteiger partial charge in [-0.05, 0) is 50.9 Å². The maximum absolute atomic E-state index is 9.97. The maximum atomic E-state index is 9.97. The van der Waals surface area contributed by atoms with Crippen LogP contribution in [0.4, 0.5) is 5.82 Å². The summed E-state index contributed by atoms with van der Waals surface area (Å²) in [6.45, 7) is 5.64. The Bertz CT molecular complexity index is 1030. The van der Waals surface area contributed by atoms with E-state index in [0.717, 1.165) is 65.1 Å². The number of nitrogens with zero attached hydrogens (tertiary/aromatic N) is 3. The number of hydrogen-bond acceptors (Lipinski definition) is 6. The number of nitrogens with one attached hydrogen (secondary N) is 1. The van der Waals surface area contributed by atoms with Gasteiger partial charge in [0.25, 0.3) is 0 Å². The van der Waals surface area contributed by atoms with E-state index < -0.39 is 0 Å². The van der Waals surface area contributed by atoms with Crippen molar-refractivity contribution in [2.75, 3.05) is 51.3 Å². The van der Waals surface area contributed by atoms with Gasteiger partial charge in [-0.1, -0.05) is 0 Å². The molecule has 2 saturated heterocycles. The summed E-state index contributed by atoms with van der Waals surface area (Å²) in [5.74, 6) is 2.42. The second-order valence-electron chi connectivity index (χ2n) is 8.37. The Kier molecular flexibility index (Phi) is 6.74. The molecule has 2 aromatic heterocycles. The molecule has 3 aromatic rings. The van der Waals surface area contributed by atoms with Crippen molar-refractivity contribution in [1.82, 2.24) is 14.9 Å². The Labute approximate surface area is 188 Å². The third-order valence-electron chi connectivity index (χ3n) is 6.31. The van der Waals surface area contributed by atoms with E-state index in [9.17, 15) is 5.11 Å². The summed E-state index contributed by atoms with van der Waals surface area (Å²) in [7, 11) is 1.68. The van der Waals surface area contributed by atoms with Gasteiger partial charge in [0, 0.05) is 37.3 Å². The Morgan fingerprint density at radius 1 is 1.16 bits per heavy atom. The van der Waals surface area contributed by atoms with Crippen LogP contribution in [0.2, 0.25) is 0 Å². The zero-order valence-corrected chi connectivity index (χ0v) is 18.8. The molecule has 0 spiro atoms. The summed E-state index contributed by atoms with van der Waals surface area (Å²) in [6, 6.07) is 6.07. The number of aromatic nitrogens is 2. The van der Waals surface area contributed by atoms with Crippen LogP contribution in [0.3, 0.4) is 0 Å². The van der Waals surface area contributed by atoms with Gasteiger partial charge >= 0.3 is 0 Å². The zero-order chi connectivity index (χ0) is 20.5. The standard InChI is InChI=1S/C23H30N4O3.ClH/c1-29-20-13-17-19(14-21(20)30-12-4-10-26-8-2-3-9-26)25-18-5-7-24-23(22(17)18)27-11-6-16(28)15-27;/h5,7,13-14,16,25,28H,2-4,6,8-12,15H2,1H3;1H. The Balaban J connectivity index is 0.00000231. The number of fused-ring (bicyclic) bond motifs is 3. The molecule has 1 aromatic carbocycles. The van der Waals surface area contributed by atoms with Gasteiger partial charge in [0.05, 0.1) is 36.2 Å². The highest BCUT2D eigenvalue weighted by Gasteiger charge is 2.24. The fraction of sp³-hybridized carbons (Fsp3) is 0.522. The second kappa shape index (κ2) is 9.51. The first-order valence-corrected chi connectivity index (χ1v) is 11.0. The molecule has 168 valence electrons. The number of pyridine rings is 1. The van der Waals surface area contributed by atoms with Crippen molar-refractivity contribution in [2.24, 2.45) is 0 Å². The van der Waals surface area contributed by atoms with Crippen LogP contribution in [-0.4, -0.2) is 72.5 Å². The van der Waals surface area contributed by atoms with E-state index in [0.29, 0.717) is 13.2 Å². The predicted octanol–water partition coefficient (Wildman–Crippen LogP) is 3.58. The van der Waals surface area contributed by atoms with Crippen molar-refractivity contribution >= 4 is 40.0 Å². The second-order valence-corrected chi connectivity index (χ2v) is 8.37. The lowest BCUT2D eigenvalue weighted by atomic mass is 10.1. The highest BCUT2D eigenvalue weighted by Crippen LogP contribution is 2.39. The van der Waals surface area contributed by atoms with Gasteiger partial charge in [0.1, 0.15) is 5.82 Å². The summed E-state index contributed by atoms with van der Waals surface area (Å²) in [6.07, 6.45) is 5.96. The number of methoxy groups -OCH3 is 1. The number of halogens is 1. The molecule has 0 bridgehead atoms. The lowest BCUT2D eigenvalue weighted by Gasteiger charge is -2.18. The number of aliphatic hydroxyl groups excluding tert-OH is 1. The number of aliphatic hydroxyl groups is 1. The number of rotatable bonds is 7. The molecule has 1 atom stereocenters. The number of anilines is 1. The molecule has 8 heteroatoms. The van der Waals surface area contributed by atoms with E-state index in [4.69, 9.17) is 9.47 Å². The number of aromatic amines is 1. The first-order chi connectivity index (χ1) is 14.7. The van der Waals surface area contributed by atoms with E-state index in [2.05, 4.69) is 19.8 Å². The van der Waals surface area contributed by atoms with Crippen LogP contribution >= 0.6 is 12.4 Å². The van der Waals surface area contributed by atoms with Gasteiger partial charge < -0.3 is 29.4 Å². The summed E-state index contributed by atoms with van der Waals surface area (Å²) in [4.78, 5) is 12.8. The largest absolute Gasteiger partial charge is 0.493 e. The smallest absolute Gasteiger partial charge is 0.163 e. The van der Waals surface area contributed by atoms with Gasteiger partial charge in [-0.2, -0.15) is 0 Å². The molecule has 1 unspecified atom stereocenters. The lowest BCUT2D eigenvalue weighted by Crippen LogP contribution is -2.22. The zero-order valence-electron chi connectivity index (χ0n) is 18.0. The summed E-state index contributed by atoms with van der Waals surface area (Å²) in [5, 5.41) is 12.1. The number of hydrogen-bond donors (Lipinski definition) is 2. The van der Waals surface area contributed by atoms with Crippen LogP contribution in [0.5, 0.6) is 11.5 Å². The molecule has 2 aliphatic rings. The molecular weight excluding hydrogens is 416 g/mol. The fourth-order valence-corrected chi connectivity index (χ4v) is 4.76. The predicted molar refractivity (Wildman–Crippen MR) is 126 cm³/mol. The van der Waals surface area contributed by atoms with Crippen molar-refractivity contribution in [2.45, 2.75) is 31.8 Å². The van der Waals surface area contributed by atoms with Crippen LogP contribution < -0.4 is 14.4 Å². The minimum Gasteiger partial charge on any atom is -0.493 e. The van der Waals surface area contributed by atoms with Gasteiger partial charge in [-0.15, -0.1) is 12.4 Å². The number of ether oxygens (including phenoxy) is 2. The van der Waals surface area contributed by atoms with Crippen LogP contribution in [-0.2, 0) is 0 Å². The third kappa shape index (κ3) is 4.40. The minimum atomic E-state index is -0.289. The first kappa shape index (κ1) is 22.0. The quantitative estimate of drug-likeness (QED) is 0.540. The average molecular weight is 447 g/mol. The molecule has 2 N–H and O–H groups in total. The monoisotopic (exact) mass is 446 g/mol. The lowest BCUT2D eigenvalue weighted by molar-refractivity contribution is 0.198. The number of β-amino-alcohol motifs (C(OH)–C–C–N with tert-alkyl or cyclic N) is 1. The molecule has 4 heterocycles. The number of benzene rings is 1. The van der Waals surface area contributed by atoms with Crippen LogP contribution in [0, 0.1) is 0 Å². The van der Waals surface area contributed by atoms with Crippen LogP contribution in [0.1, 0.15) is 25.7 Å². The highest BCUT2D eigenvalue weighted by molar-refractivity contribution is 6.13. The van der Waals surface area contributed by atoms with Crippen LogP contribution in [0.25, 0.3) is 21.8 Å². The van der Waals surface area contributed by atoms with Crippen molar-refractivity contribution in [3.63, 3.8) is 0 Å². The summed E-state index contributed by atoms with van der Waals surface area (Å²) in [5.41, 5.74) is 2.04. The normalized spacial score (nSPS) is 19.3. The van der Waals surface area contributed by atoms with E-state index in [-0.39, 0.29) is 18.5 Å². The van der Waals surface area contributed by atoms with Crippen LogP contribution in [0.15, 0.2) is 24.4 Å². The molecule has 2 fully saturated rings. The van der Waals surface area contributed by atoms with E-state index >= 15 is 0 Å². The average Bonchev–Trinajstić information content (AvgIpc) is 3.49. The number of likely N-dealkylation sites (tertiary alicyclic amines) is 1. The molecule has 31 heavy (non-hydrogen) atoms. The molecule has 2 aliphatic heterocycles. The van der Waals surface area contributed by atoms with E-state index in [1.807, 2.05) is 24.4 Å². The molecule has 0 saturated carbocycles. The molecule has 0 aliphatic carbocycles. The van der Waals surface area contributed by atoms with Crippen molar-refractivity contribution in [3.8, 4) is 11.5 Å². The SMILES string of the molecule is COc1cc2c(cc1OCCCN1CCCC1)[nH]c1ccnc(N3CCC(O)C3)c12.Cl. The van der Waals surface area contributed by atoms with Gasteiger partial charge in [0.15, 0.2) is 11.5 Å². The van der Waals surface area contributed by atoms with E-state index in [1.54, 1.807) is 7.11 Å². The van der Waals surface area contributed by atoms with Gasteiger partial charge in [-0.25, -0.2) is 4.98 Å². The molecule has 7 nitrogen and oxygen atoms in total. The third-order valence-corrected chi connectivity index (χ3v) is 6.31. The fourth-order valence-electron chi connectivity index (χ4n) is 4.76. The van der Waals surface area contributed by atoms with Gasteiger partial charge in [0.2, 0.25) is 0 Å². The van der Waals surface area contributed by atoms with Crippen molar-refractivity contribution in [1.29, 1.82) is 0 Å². The van der Waals surface area contributed by atoms with Crippen molar-refractivity contribution < 1.29 is 14.6 Å². The topological polar surface area (TPSA) is 73.9 Å².